The number of hydrogen-bond donors (Lipinski definition) is 2. The number of benzene rings is 2. The second-order valence-electron chi connectivity index (χ2n) is 8.14. The van der Waals surface area contributed by atoms with E-state index in [0.29, 0.717) is 41.7 Å². The lowest BCUT2D eigenvalue weighted by molar-refractivity contribution is -0.116. The first kappa shape index (κ1) is 25.4. The Hall–Kier alpha value is -3.27. The van der Waals surface area contributed by atoms with Crippen LogP contribution < -0.4 is 24.4 Å². The predicted molar refractivity (Wildman–Crippen MR) is 131 cm³/mol. The van der Waals surface area contributed by atoms with Gasteiger partial charge in [0.2, 0.25) is 15.9 Å². The third-order valence-electron chi connectivity index (χ3n) is 5.41. The van der Waals surface area contributed by atoms with Gasteiger partial charge >= 0.3 is 0 Å². The molecular weight excluding hydrogens is 458 g/mol. The summed E-state index contributed by atoms with van der Waals surface area (Å²) < 4.78 is 37.1. The molecule has 2 amide bonds. The monoisotopic (exact) mass is 489 g/mol. The molecule has 0 saturated heterocycles. The van der Waals surface area contributed by atoms with Crippen molar-refractivity contribution < 1.29 is 27.5 Å². The second-order valence-corrected chi connectivity index (χ2v) is 10.0. The van der Waals surface area contributed by atoms with Gasteiger partial charge in [-0.3, -0.25) is 13.9 Å². The van der Waals surface area contributed by atoms with Gasteiger partial charge < -0.3 is 20.1 Å². The molecule has 1 aliphatic heterocycles. The first-order valence-corrected chi connectivity index (χ1v) is 13.1. The zero-order valence-electron chi connectivity index (χ0n) is 19.7. The summed E-state index contributed by atoms with van der Waals surface area (Å²) in [6.07, 6.45) is 2.28. The Balaban J connectivity index is 1.63. The lowest BCUT2D eigenvalue weighted by atomic mass is 10.1. The highest BCUT2D eigenvalue weighted by atomic mass is 32.2. The van der Waals surface area contributed by atoms with Crippen LogP contribution in [0.25, 0.3) is 0 Å². The van der Waals surface area contributed by atoms with E-state index in [4.69, 9.17) is 9.47 Å². The van der Waals surface area contributed by atoms with Crippen LogP contribution in [0, 0.1) is 0 Å². The van der Waals surface area contributed by atoms with Crippen LogP contribution in [-0.4, -0.2) is 52.3 Å². The summed E-state index contributed by atoms with van der Waals surface area (Å²) in [7, 11) is -3.58. The summed E-state index contributed by atoms with van der Waals surface area (Å²) in [5.74, 6) is 0.493. The summed E-state index contributed by atoms with van der Waals surface area (Å²) >= 11 is 0. The maximum absolute atomic E-state index is 12.6. The maximum atomic E-state index is 12.6. The fourth-order valence-electron chi connectivity index (χ4n) is 3.46. The van der Waals surface area contributed by atoms with E-state index < -0.39 is 10.0 Å². The summed E-state index contributed by atoms with van der Waals surface area (Å²) in [4.78, 5) is 25.1. The minimum absolute atomic E-state index is 0.0128. The lowest BCUT2D eigenvalue weighted by Crippen LogP contribution is -2.33. The highest BCUT2D eigenvalue weighted by Gasteiger charge is 2.21. The van der Waals surface area contributed by atoms with Gasteiger partial charge in [-0.15, -0.1) is 0 Å². The quantitative estimate of drug-likeness (QED) is 0.530. The number of para-hydroxylation sites is 1. The minimum Gasteiger partial charge on any atom is -0.486 e. The normalized spacial score (nSPS) is 13.6. The zero-order chi connectivity index (χ0) is 24.7. The fourth-order valence-corrected chi connectivity index (χ4v) is 4.42. The van der Waals surface area contributed by atoms with E-state index in [9.17, 15) is 18.0 Å². The highest BCUT2D eigenvalue weighted by molar-refractivity contribution is 7.92. The highest BCUT2D eigenvalue weighted by Crippen LogP contribution is 2.34. The van der Waals surface area contributed by atoms with E-state index in [1.165, 1.54) is 4.31 Å². The third kappa shape index (κ3) is 6.63. The van der Waals surface area contributed by atoms with Gasteiger partial charge in [-0.05, 0) is 44.0 Å². The van der Waals surface area contributed by atoms with E-state index >= 15 is 0 Å². The molecule has 0 saturated carbocycles. The van der Waals surface area contributed by atoms with Crippen molar-refractivity contribution in [3.8, 4) is 11.5 Å². The minimum atomic E-state index is -3.58. The Bertz CT molecular complexity index is 1140. The Labute approximate surface area is 200 Å². The first-order valence-electron chi connectivity index (χ1n) is 11.3. The average Bonchev–Trinajstić information content (AvgIpc) is 2.81. The predicted octanol–water partition coefficient (Wildman–Crippen LogP) is 3.17. The molecule has 1 aliphatic rings. The van der Waals surface area contributed by atoms with Crippen molar-refractivity contribution in [3.63, 3.8) is 0 Å². The summed E-state index contributed by atoms with van der Waals surface area (Å²) in [5.41, 5.74) is 1.24. The number of amides is 2. The van der Waals surface area contributed by atoms with Gasteiger partial charge in [0.1, 0.15) is 13.2 Å². The lowest BCUT2D eigenvalue weighted by Gasteiger charge is -2.25. The Morgan fingerprint density at radius 3 is 2.50 bits per heavy atom. The molecule has 34 heavy (non-hydrogen) atoms. The molecule has 184 valence electrons. The van der Waals surface area contributed by atoms with Crippen LogP contribution in [0.1, 0.15) is 43.5 Å². The molecule has 3 rings (SSSR count). The molecule has 0 aromatic heterocycles. The Morgan fingerprint density at radius 1 is 1.09 bits per heavy atom. The van der Waals surface area contributed by atoms with E-state index in [1.54, 1.807) is 42.5 Å². The molecule has 9 nitrogen and oxygen atoms in total. The van der Waals surface area contributed by atoms with Gasteiger partial charge in [0.15, 0.2) is 11.5 Å². The molecule has 10 heteroatoms. The van der Waals surface area contributed by atoms with Crippen molar-refractivity contribution in [2.24, 2.45) is 0 Å². The number of sulfonamides is 1. The number of nitrogens with one attached hydrogen (secondary N) is 2. The second kappa shape index (κ2) is 11.2. The molecule has 1 atom stereocenters. The number of fused-ring (bicyclic) bond motifs is 1. The van der Waals surface area contributed by atoms with Crippen molar-refractivity contribution in [3.05, 3.63) is 48.0 Å². The Kier molecular flexibility index (Phi) is 8.38. The van der Waals surface area contributed by atoms with Crippen LogP contribution in [0.3, 0.4) is 0 Å². The van der Waals surface area contributed by atoms with Crippen molar-refractivity contribution in [1.29, 1.82) is 0 Å². The van der Waals surface area contributed by atoms with Crippen LogP contribution in [0.4, 0.5) is 11.4 Å². The van der Waals surface area contributed by atoms with Gasteiger partial charge in [0.25, 0.3) is 5.91 Å². The van der Waals surface area contributed by atoms with E-state index in [2.05, 4.69) is 10.6 Å². The van der Waals surface area contributed by atoms with Gasteiger partial charge in [-0.2, -0.15) is 0 Å². The number of carbonyl (C=O) groups is 2. The van der Waals surface area contributed by atoms with Crippen molar-refractivity contribution in [2.45, 2.75) is 39.2 Å². The molecule has 0 spiro atoms. The molecule has 2 aromatic rings. The summed E-state index contributed by atoms with van der Waals surface area (Å²) in [5, 5.41) is 5.66. The van der Waals surface area contributed by atoms with Crippen LogP contribution >= 0.6 is 0 Å². The molecule has 0 bridgehead atoms. The van der Waals surface area contributed by atoms with Gasteiger partial charge in [0, 0.05) is 25.1 Å². The number of hydrogen-bond acceptors (Lipinski definition) is 6. The topological polar surface area (TPSA) is 114 Å². The van der Waals surface area contributed by atoms with Gasteiger partial charge in [-0.1, -0.05) is 19.1 Å². The number of anilines is 2. The SMILES string of the molecule is CC[C@@H](C)NC(=O)c1ccccc1NC(=O)CCCN(c1ccc2c(c1)OCCO2)S(C)(=O)=O. The molecule has 0 unspecified atom stereocenters. The number of rotatable bonds is 10. The molecule has 0 radical (unpaired) electrons. The van der Waals surface area contributed by atoms with Gasteiger partial charge in [-0.25, -0.2) is 8.42 Å². The number of carbonyl (C=O) groups excluding carboxylic acids is 2. The van der Waals surface area contributed by atoms with Crippen molar-refractivity contribution >= 4 is 33.2 Å². The zero-order valence-corrected chi connectivity index (χ0v) is 20.5. The molecule has 0 fully saturated rings. The van der Waals surface area contributed by atoms with E-state index in [1.807, 2.05) is 13.8 Å². The third-order valence-corrected chi connectivity index (χ3v) is 6.61. The molecule has 0 aliphatic carbocycles. The van der Waals surface area contributed by atoms with Gasteiger partial charge in [0.05, 0.1) is 23.2 Å². The van der Waals surface area contributed by atoms with Crippen LogP contribution in [0.2, 0.25) is 0 Å². The van der Waals surface area contributed by atoms with E-state index in [0.717, 1.165) is 12.7 Å². The largest absolute Gasteiger partial charge is 0.486 e. The van der Waals surface area contributed by atoms with Crippen molar-refractivity contribution in [2.75, 3.05) is 35.6 Å². The van der Waals surface area contributed by atoms with Crippen LogP contribution in [0.5, 0.6) is 11.5 Å². The Morgan fingerprint density at radius 2 is 1.79 bits per heavy atom. The maximum Gasteiger partial charge on any atom is 0.253 e. The fraction of sp³-hybridized carbons (Fsp3) is 0.417. The number of nitrogens with zero attached hydrogens (tertiary/aromatic N) is 1. The van der Waals surface area contributed by atoms with E-state index in [-0.39, 0.29) is 37.2 Å². The first-order chi connectivity index (χ1) is 16.2. The average molecular weight is 490 g/mol. The standard InChI is InChI=1S/C24H31N3O6S/c1-4-17(2)25-24(29)19-8-5-6-9-20(19)26-23(28)10-7-13-27(34(3,30)31)18-11-12-21-22(16-18)33-15-14-32-21/h5-6,8-9,11-12,16-17H,4,7,10,13-15H2,1-3H3,(H,25,29)(H,26,28)/t17-/m1/s1. The van der Waals surface area contributed by atoms with Crippen LogP contribution in [-0.2, 0) is 14.8 Å². The molecule has 2 N–H and O–H groups in total. The molecule has 1 heterocycles. The number of ether oxygens (including phenoxy) is 2. The molecular formula is C24H31N3O6S. The van der Waals surface area contributed by atoms with Crippen molar-refractivity contribution in [1.82, 2.24) is 5.32 Å². The summed E-state index contributed by atoms with van der Waals surface area (Å²) in [6.45, 7) is 4.84. The van der Waals surface area contributed by atoms with Crippen LogP contribution in [0.15, 0.2) is 42.5 Å². The summed E-state index contributed by atoms with van der Waals surface area (Å²) in [6, 6.07) is 11.8. The smallest absolute Gasteiger partial charge is 0.253 e. The molecule has 2 aromatic carbocycles.